The number of carbonyl (C=O) groups excluding carboxylic acids is 1. The topological polar surface area (TPSA) is 68.0 Å². The van der Waals surface area contributed by atoms with Crippen molar-refractivity contribution in [1.29, 1.82) is 0 Å². The van der Waals surface area contributed by atoms with Crippen LogP contribution in [0.4, 0.5) is 5.13 Å². The monoisotopic (exact) mass is 249 g/mol. The minimum Gasteiger partial charge on any atom is -0.320 e. The Hall–Kier alpha value is -0.650. The highest BCUT2D eigenvalue weighted by Gasteiger charge is 2.17. The van der Waals surface area contributed by atoms with E-state index in [2.05, 4.69) is 10.3 Å². The number of rotatable bonds is 3. The molecule has 86 valence electrons. The van der Waals surface area contributed by atoms with Crippen molar-refractivity contribution in [3.63, 3.8) is 0 Å². The average molecular weight is 250 g/mol. The van der Waals surface area contributed by atoms with Crippen molar-refractivity contribution in [3.05, 3.63) is 11.1 Å². The molecule has 1 aromatic rings. The van der Waals surface area contributed by atoms with E-state index in [0.717, 1.165) is 5.69 Å². The van der Waals surface area contributed by atoms with Crippen LogP contribution in [0.5, 0.6) is 0 Å². The van der Waals surface area contributed by atoms with Gasteiger partial charge in [-0.15, -0.1) is 23.7 Å². The van der Waals surface area contributed by atoms with E-state index in [0.29, 0.717) is 5.13 Å². The summed E-state index contributed by atoms with van der Waals surface area (Å²) in [5, 5.41) is 5.19. The lowest BCUT2D eigenvalue weighted by Crippen LogP contribution is -2.39. The summed E-state index contributed by atoms with van der Waals surface area (Å²) in [6, 6.07) is -0.473. The quantitative estimate of drug-likeness (QED) is 0.858. The van der Waals surface area contributed by atoms with E-state index in [4.69, 9.17) is 5.73 Å². The summed E-state index contributed by atoms with van der Waals surface area (Å²) >= 11 is 1.41. The van der Waals surface area contributed by atoms with Crippen LogP contribution in [0.2, 0.25) is 0 Å². The number of carbonyl (C=O) groups is 1. The molecule has 1 rings (SSSR count). The van der Waals surface area contributed by atoms with E-state index in [9.17, 15) is 4.79 Å². The van der Waals surface area contributed by atoms with Gasteiger partial charge in [-0.3, -0.25) is 4.79 Å². The number of hydrogen-bond acceptors (Lipinski definition) is 4. The number of amides is 1. The summed E-state index contributed by atoms with van der Waals surface area (Å²) in [6.07, 6.45) is 0. The summed E-state index contributed by atoms with van der Waals surface area (Å²) in [7, 11) is 0. The zero-order valence-electron chi connectivity index (χ0n) is 8.98. The van der Waals surface area contributed by atoms with Gasteiger partial charge in [0.15, 0.2) is 5.13 Å². The first-order chi connectivity index (χ1) is 6.50. The number of halogens is 1. The Labute approximate surface area is 99.7 Å². The largest absolute Gasteiger partial charge is 0.320 e. The van der Waals surface area contributed by atoms with E-state index in [1.165, 1.54) is 11.3 Å². The molecule has 3 N–H and O–H groups in total. The van der Waals surface area contributed by atoms with Gasteiger partial charge in [-0.1, -0.05) is 13.8 Å². The first-order valence-electron chi connectivity index (χ1n) is 4.49. The molecule has 0 aliphatic heterocycles. The number of hydrogen-bond donors (Lipinski definition) is 2. The summed E-state index contributed by atoms with van der Waals surface area (Å²) in [5.41, 5.74) is 6.59. The first-order valence-corrected chi connectivity index (χ1v) is 5.37. The van der Waals surface area contributed by atoms with Crippen LogP contribution >= 0.6 is 23.7 Å². The van der Waals surface area contributed by atoms with Gasteiger partial charge in [-0.05, 0) is 12.8 Å². The van der Waals surface area contributed by atoms with Crippen LogP contribution in [0.25, 0.3) is 0 Å². The maximum absolute atomic E-state index is 11.5. The molecule has 0 unspecified atom stereocenters. The fourth-order valence-corrected chi connectivity index (χ4v) is 1.59. The van der Waals surface area contributed by atoms with Crippen molar-refractivity contribution in [2.75, 3.05) is 5.32 Å². The summed E-state index contributed by atoms with van der Waals surface area (Å²) in [6.45, 7) is 5.71. The van der Waals surface area contributed by atoms with Gasteiger partial charge >= 0.3 is 0 Å². The molecule has 0 aromatic carbocycles. The lowest BCUT2D eigenvalue weighted by Gasteiger charge is -2.13. The molecule has 1 aromatic heterocycles. The standard InChI is InChI=1S/C9H15N3OS.ClH/c1-5(2)7(10)8(13)12-9-11-6(3)4-14-9;/h4-5,7H,10H2,1-3H3,(H,11,12,13);1H/t7-;/m0./s1. The molecular formula is C9H16ClN3OS. The summed E-state index contributed by atoms with van der Waals surface area (Å²) < 4.78 is 0. The molecule has 0 aliphatic carbocycles. The molecule has 4 nitrogen and oxygen atoms in total. The maximum atomic E-state index is 11.5. The molecule has 0 radical (unpaired) electrons. The number of aryl methyl sites for hydroxylation is 1. The number of thiazole rings is 1. The molecule has 0 aliphatic rings. The van der Waals surface area contributed by atoms with Crippen molar-refractivity contribution >= 4 is 34.8 Å². The number of nitrogens with one attached hydrogen (secondary N) is 1. The second-order valence-corrected chi connectivity index (χ2v) is 4.41. The maximum Gasteiger partial charge on any atom is 0.243 e. The van der Waals surface area contributed by atoms with Crippen molar-refractivity contribution in [2.45, 2.75) is 26.8 Å². The number of nitrogens with two attached hydrogens (primary N) is 1. The normalized spacial score (nSPS) is 12.1. The second-order valence-electron chi connectivity index (χ2n) is 3.55. The van der Waals surface area contributed by atoms with Gasteiger partial charge in [0.05, 0.1) is 11.7 Å². The third-order valence-corrected chi connectivity index (χ3v) is 2.75. The minimum absolute atomic E-state index is 0. The van der Waals surface area contributed by atoms with E-state index in [1.54, 1.807) is 0 Å². The Kier molecular flexibility index (Phi) is 5.79. The fourth-order valence-electron chi connectivity index (χ4n) is 0.903. The van der Waals surface area contributed by atoms with Gasteiger partial charge in [0.1, 0.15) is 0 Å². The molecule has 0 saturated heterocycles. The lowest BCUT2D eigenvalue weighted by atomic mass is 10.1. The molecule has 15 heavy (non-hydrogen) atoms. The number of anilines is 1. The van der Waals surface area contributed by atoms with Gasteiger partial charge < -0.3 is 11.1 Å². The Morgan fingerprint density at radius 3 is 2.60 bits per heavy atom. The molecule has 6 heteroatoms. The van der Waals surface area contributed by atoms with Crippen LogP contribution in [0.15, 0.2) is 5.38 Å². The van der Waals surface area contributed by atoms with Gasteiger partial charge in [-0.25, -0.2) is 4.98 Å². The predicted molar refractivity (Wildman–Crippen MR) is 65.5 cm³/mol. The van der Waals surface area contributed by atoms with Gasteiger partial charge in [0, 0.05) is 5.38 Å². The molecule has 0 saturated carbocycles. The third kappa shape index (κ3) is 4.15. The highest BCUT2D eigenvalue weighted by molar-refractivity contribution is 7.13. The lowest BCUT2D eigenvalue weighted by molar-refractivity contribution is -0.118. The van der Waals surface area contributed by atoms with Crippen molar-refractivity contribution < 1.29 is 4.79 Å². The fraction of sp³-hybridized carbons (Fsp3) is 0.556. The SMILES string of the molecule is Cc1csc(NC(=O)[C@@H](N)C(C)C)n1.Cl. The number of aromatic nitrogens is 1. The van der Waals surface area contributed by atoms with Crippen molar-refractivity contribution in [2.24, 2.45) is 11.7 Å². The first kappa shape index (κ1) is 14.3. The van der Waals surface area contributed by atoms with Gasteiger partial charge in [0.2, 0.25) is 5.91 Å². The molecule has 0 spiro atoms. The van der Waals surface area contributed by atoms with Crippen molar-refractivity contribution in [1.82, 2.24) is 4.98 Å². The molecule has 0 bridgehead atoms. The van der Waals surface area contributed by atoms with E-state index in [1.807, 2.05) is 26.2 Å². The average Bonchev–Trinajstić information content (AvgIpc) is 2.49. The second kappa shape index (κ2) is 6.05. The Bertz CT molecular complexity index is 327. The van der Waals surface area contributed by atoms with Crippen LogP contribution in [0, 0.1) is 12.8 Å². The van der Waals surface area contributed by atoms with Crippen molar-refractivity contribution in [3.8, 4) is 0 Å². The number of nitrogens with zero attached hydrogens (tertiary/aromatic N) is 1. The van der Waals surface area contributed by atoms with Gasteiger partial charge in [-0.2, -0.15) is 0 Å². The van der Waals surface area contributed by atoms with Crippen LogP contribution in [-0.2, 0) is 4.79 Å². The molecule has 1 amide bonds. The highest BCUT2D eigenvalue weighted by Crippen LogP contribution is 2.15. The summed E-state index contributed by atoms with van der Waals surface area (Å²) in [4.78, 5) is 15.6. The zero-order chi connectivity index (χ0) is 10.7. The smallest absolute Gasteiger partial charge is 0.243 e. The Morgan fingerprint density at radius 1 is 1.60 bits per heavy atom. The molecule has 0 fully saturated rings. The third-order valence-electron chi connectivity index (χ3n) is 1.87. The summed E-state index contributed by atoms with van der Waals surface area (Å²) in [5.74, 6) is -0.0367. The van der Waals surface area contributed by atoms with E-state index >= 15 is 0 Å². The van der Waals surface area contributed by atoms with Crippen LogP contribution < -0.4 is 11.1 Å². The highest BCUT2D eigenvalue weighted by atomic mass is 35.5. The molecule has 1 heterocycles. The Morgan fingerprint density at radius 2 is 2.20 bits per heavy atom. The van der Waals surface area contributed by atoms with Crippen LogP contribution in [0.3, 0.4) is 0 Å². The predicted octanol–water partition coefficient (Wildman–Crippen LogP) is 1.80. The molecule has 1 atom stereocenters. The van der Waals surface area contributed by atoms with Crippen LogP contribution in [-0.4, -0.2) is 16.9 Å². The van der Waals surface area contributed by atoms with E-state index < -0.39 is 6.04 Å². The van der Waals surface area contributed by atoms with Crippen LogP contribution in [0.1, 0.15) is 19.5 Å². The van der Waals surface area contributed by atoms with Gasteiger partial charge in [0.25, 0.3) is 0 Å². The zero-order valence-corrected chi connectivity index (χ0v) is 10.6. The minimum atomic E-state index is -0.473. The molecular weight excluding hydrogens is 234 g/mol. The Balaban J connectivity index is 0.00000196. The van der Waals surface area contributed by atoms with E-state index in [-0.39, 0.29) is 24.2 Å².